The van der Waals surface area contributed by atoms with E-state index in [1.165, 1.54) is 36.3 Å². The molecule has 11 heteroatoms. The van der Waals surface area contributed by atoms with Gasteiger partial charge >= 0.3 is 0 Å². The Labute approximate surface area is 252 Å². The van der Waals surface area contributed by atoms with Gasteiger partial charge in [0.05, 0.1) is 27.7 Å². The molecule has 0 fully saturated rings. The van der Waals surface area contributed by atoms with Gasteiger partial charge in [-0.2, -0.15) is 0 Å². The maximum Gasteiger partial charge on any atom is 0.264 e. The number of anilines is 1. The molecular formula is C30H35Cl2N3O5S. The molecule has 0 aliphatic carbocycles. The molecule has 0 heterocycles. The number of nitrogens with zero attached hydrogens (tertiary/aromatic N) is 2. The Hall–Kier alpha value is -3.27. The first-order chi connectivity index (χ1) is 19.3. The highest BCUT2D eigenvalue weighted by Crippen LogP contribution is 2.35. The lowest BCUT2D eigenvalue weighted by atomic mass is 10.1. The normalized spacial score (nSPS) is 12.1. The van der Waals surface area contributed by atoms with Gasteiger partial charge in [0.25, 0.3) is 10.0 Å². The smallest absolute Gasteiger partial charge is 0.264 e. The molecule has 0 aromatic heterocycles. The van der Waals surface area contributed by atoms with Gasteiger partial charge in [-0.3, -0.25) is 13.9 Å². The molecule has 0 bridgehead atoms. The Kier molecular flexibility index (Phi) is 11.1. The van der Waals surface area contributed by atoms with Gasteiger partial charge in [-0.25, -0.2) is 8.42 Å². The van der Waals surface area contributed by atoms with Crippen molar-refractivity contribution in [2.24, 2.45) is 5.92 Å². The number of ether oxygens (including phenoxy) is 1. The zero-order valence-electron chi connectivity index (χ0n) is 23.7. The van der Waals surface area contributed by atoms with Gasteiger partial charge in [0.1, 0.15) is 18.3 Å². The molecule has 1 atom stereocenters. The van der Waals surface area contributed by atoms with E-state index < -0.39 is 28.5 Å². The molecule has 0 radical (unpaired) electrons. The lowest BCUT2D eigenvalue weighted by Gasteiger charge is -2.32. The Balaban J connectivity index is 2.06. The highest BCUT2D eigenvalue weighted by Gasteiger charge is 2.33. The molecule has 0 saturated carbocycles. The molecule has 0 aliphatic heterocycles. The summed E-state index contributed by atoms with van der Waals surface area (Å²) < 4.78 is 34.1. The summed E-state index contributed by atoms with van der Waals surface area (Å²) in [5.74, 6) is -0.176. The Morgan fingerprint density at radius 2 is 1.63 bits per heavy atom. The monoisotopic (exact) mass is 619 g/mol. The van der Waals surface area contributed by atoms with Crippen LogP contribution in [0.25, 0.3) is 0 Å². The number of carbonyl (C=O) groups is 2. The standard InChI is InChI=1S/C30H35Cl2N3O5S/c1-20(2)17-33-30(37)22(4)34(18-23-8-6-9-24(16-23)40-5)28(36)19-35(27-11-7-10-26(31)29(27)32)41(38,39)25-14-12-21(3)13-15-25/h6-16,20,22H,17-19H2,1-5H3,(H,33,37)/t22-/m0/s1. The van der Waals surface area contributed by atoms with Crippen LogP contribution >= 0.6 is 23.2 Å². The Morgan fingerprint density at radius 3 is 2.27 bits per heavy atom. The van der Waals surface area contributed by atoms with Crippen LogP contribution in [-0.2, 0) is 26.2 Å². The molecule has 3 rings (SSSR count). The first-order valence-electron chi connectivity index (χ1n) is 13.1. The molecule has 220 valence electrons. The molecule has 0 spiro atoms. The van der Waals surface area contributed by atoms with Crippen molar-refractivity contribution in [3.8, 4) is 5.75 Å². The van der Waals surface area contributed by atoms with Crippen LogP contribution in [0, 0.1) is 12.8 Å². The third-order valence-electron chi connectivity index (χ3n) is 6.43. The van der Waals surface area contributed by atoms with E-state index >= 15 is 0 Å². The number of hydrogen-bond donors (Lipinski definition) is 1. The largest absolute Gasteiger partial charge is 0.497 e. The first kappa shape index (κ1) is 32.2. The van der Waals surface area contributed by atoms with Crippen molar-refractivity contribution < 1.29 is 22.7 Å². The van der Waals surface area contributed by atoms with Gasteiger partial charge in [-0.05, 0) is 61.7 Å². The SMILES string of the molecule is COc1cccc(CN(C(=O)CN(c2cccc(Cl)c2Cl)S(=O)(=O)c2ccc(C)cc2)[C@@H](C)C(=O)NCC(C)C)c1. The highest BCUT2D eigenvalue weighted by molar-refractivity contribution is 7.92. The van der Waals surface area contributed by atoms with E-state index in [0.717, 1.165) is 9.87 Å². The van der Waals surface area contributed by atoms with Gasteiger partial charge in [-0.1, -0.05) is 72.9 Å². The van der Waals surface area contributed by atoms with Gasteiger partial charge in [0.15, 0.2) is 0 Å². The number of hydrogen-bond acceptors (Lipinski definition) is 5. The Bertz CT molecular complexity index is 1480. The molecule has 2 amide bonds. The second-order valence-corrected chi connectivity index (χ2v) is 12.7. The second kappa shape index (κ2) is 14.1. The molecule has 0 aliphatic rings. The maximum atomic E-state index is 14.0. The van der Waals surface area contributed by atoms with E-state index in [1.54, 1.807) is 49.4 Å². The van der Waals surface area contributed by atoms with E-state index in [4.69, 9.17) is 27.9 Å². The van der Waals surface area contributed by atoms with E-state index in [-0.39, 0.29) is 39.0 Å². The number of halogens is 2. The summed E-state index contributed by atoms with van der Waals surface area (Å²) in [7, 11) is -2.73. The zero-order chi connectivity index (χ0) is 30.3. The van der Waals surface area contributed by atoms with Crippen LogP contribution in [0.1, 0.15) is 31.9 Å². The number of amides is 2. The summed E-state index contributed by atoms with van der Waals surface area (Å²) in [5, 5.41) is 2.98. The number of nitrogens with one attached hydrogen (secondary N) is 1. The third kappa shape index (κ3) is 8.15. The van der Waals surface area contributed by atoms with Crippen LogP contribution < -0.4 is 14.4 Å². The van der Waals surface area contributed by atoms with Crippen LogP contribution in [0.3, 0.4) is 0 Å². The van der Waals surface area contributed by atoms with Crippen molar-refractivity contribution in [1.29, 1.82) is 0 Å². The molecule has 1 N–H and O–H groups in total. The fourth-order valence-electron chi connectivity index (χ4n) is 4.04. The summed E-state index contributed by atoms with van der Waals surface area (Å²) in [6.07, 6.45) is 0. The van der Waals surface area contributed by atoms with Crippen LogP contribution in [0.5, 0.6) is 5.75 Å². The van der Waals surface area contributed by atoms with Crippen LogP contribution in [0.4, 0.5) is 5.69 Å². The van der Waals surface area contributed by atoms with Gasteiger partial charge in [0, 0.05) is 13.1 Å². The highest BCUT2D eigenvalue weighted by atomic mass is 35.5. The lowest BCUT2D eigenvalue weighted by molar-refractivity contribution is -0.139. The number of rotatable bonds is 12. The second-order valence-electron chi connectivity index (χ2n) is 10.1. The average Bonchev–Trinajstić information content (AvgIpc) is 2.94. The third-order valence-corrected chi connectivity index (χ3v) is 9.01. The van der Waals surface area contributed by atoms with Crippen LogP contribution in [0.2, 0.25) is 10.0 Å². The molecule has 3 aromatic rings. The van der Waals surface area contributed by atoms with Crippen molar-refractivity contribution in [2.45, 2.75) is 45.2 Å². The molecular weight excluding hydrogens is 585 g/mol. The van der Waals surface area contributed by atoms with Gasteiger partial charge in [-0.15, -0.1) is 0 Å². The van der Waals surface area contributed by atoms with Crippen molar-refractivity contribution in [1.82, 2.24) is 10.2 Å². The van der Waals surface area contributed by atoms with E-state index in [2.05, 4.69) is 5.32 Å². The first-order valence-corrected chi connectivity index (χ1v) is 15.3. The van der Waals surface area contributed by atoms with Gasteiger partial charge in [0.2, 0.25) is 11.8 Å². The number of benzene rings is 3. The Morgan fingerprint density at radius 1 is 0.976 bits per heavy atom. The topological polar surface area (TPSA) is 96.0 Å². The average molecular weight is 621 g/mol. The quantitative estimate of drug-likeness (QED) is 0.281. The number of methoxy groups -OCH3 is 1. The molecule has 0 unspecified atom stereocenters. The predicted octanol–water partition coefficient (Wildman–Crippen LogP) is 5.70. The van der Waals surface area contributed by atoms with E-state index in [0.29, 0.717) is 17.9 Å². The van der Waals surface area contributed by atoms with Crippen molar-refractivity contribution in [3.05, 3.63) is 87.9 Å². The minimum atomic E-state index is -4.27. The lowest BCUT2D eigenvalue weighted by Crippen LogP contribution is -2.51. The van der Waals surface area contributed by atoms with E-state index in [9.17, 15) is 18.0 Å². The fourth-order valence-corrected chi connectivity index (χ4v) is 5.91. The fraction of sp³-hybridized carbons (Fsp3) is 0.333. The summed E-state index contributed by atoms with van der Waals surface area (Å²) >= 11 is 12.7. The van der Waals surface area contributed by atoms with Crippen LogP contribution in [0.15, 0.2) is 71.6 Å². The number of carbonyl (C=O) groups excluding carboxylic acids is 2. The summed E-state index contributed by atoms with van der Waals surface area (Å²) in [4.78, 5) is 28.5. The van der Waals surface area contributed by atoms with E-state index in [1.807, 2.05) is 20.8 Å². The van der Waals surface area contributed by atoms with Crippen molar-refractivity contribution >= 4 is 50.7 Å². The summed E-state index contributed by atoms with van der Waals surface area (Å²) in [6, 6.07) is 17.0. The number of sulfonamides is 1. The predicted molar refractivity (Wildman–Crippen MR) is 163 cm³/mol. The zero-order valence-corrected chi connectivity index (χ0v) is 26.1. The molecule has 8 nitrogen and oxygen atoms in total. The summed E-state index contributed by atoms with van der Waals surface area (Å²) in [6.45, 7) is 7.22. The minimum absolute atomic E-state index is 0.0141. The van der Waals surface area contributed by atoms with Crippen molar-refractivity contribution in [2.75, 3.05) is 24.5 Å². The number of aryl methyl sites for hydroxylation is 1. The van der Waals surface area contributed by atoms with Gasteiger partial charge < -0.3 is 15.0 Å². The molecule has 3 aromatic carbocycles. The van der Waals surface area contributed by atoms with Crippen molar-refractivity contribution in [3.63, 3.8) is 0 Å². The maximum absolute atomic E-state index is 14.0. The molecule has 0 saturated heterocycles. The minimum Gasteiger partial charge on any atom is -0.497 e. The summed E-state index contributed by atoms with van der Waals surface area (Å²) in [5.41, 5.74) is 1.62. The molecule has 41 heavy (non-hydrogen) atoms. The van der Waals surface area contributed by atoms with Crippen LogP contribution in [-0.4, -0.2) is 51.4 Å².